The van der Waals surface area contributed by atoms with E-state index >= 15 is 0 Å². The normalized spacial score (nSPS) is 14.4. The van der Waals surface area contributed by atoms with Crippen LogP contribution in [-0.4, -0.2) is 14.1 Å². The molecule has 0 bridgehead atoms. The number of aromatic nitrogens is 3. The Morgan fingerprint density at radius 2 is 1.76 bits per heavy atom. The fourth-order valence-corrected chi connectivity index (χ4v) is 6.48. The Labute approximate surface area is 204 Å². The van der Waals surface area contributed by atoms with Crippen LogP contribution in [0.3, 0.4) is 0 Å². The van der Waals surface area contributed by atoms with Crippen LogP contribution in [0.15, 0.2) is 76.6 Å². The van der Waals surface area contributed by atoms with Crippen LogP contribution in [0.5, 0.6) is 0 Å². The molecule has 0 aliphatic heterocycles. The number of thiophene rings is 1. The van der Waals surface area contributed by atoms with Crippen molar-refractivity contribution >= 4 is 43.9 Å². The molecule has 3 aromatic heterocycles. The van der Waals surface area contributed by atoms with E-state index in [1.165, 1.54) is 28.7 Å². The number of rotatable bonds is 4. The van der Waals surface area contributed by atoms with Crippen molar-refractivity contribution in [1.29, 1.82) is 0 Å². The first-order valence-electron chi connectivity index (χ1n) is 11.5. The van der Waals surface area contributed by atoms with Crippen LogP contribution in [0.1, 0.15) is 25.7 Å². The van der Waals surface area contributed by atoms with Gasteiger partial charge >= 0.3 is 5.69 Å². The summed E-state index contributed by atoms with van der Waals surface area (Å²) in [4.78, 5) is 32.9. The van der Waals surface area contributed by atoms with E-state index < -0.39 is 0 Å². The van der Waals surface area contributed by atoms with Gasteiger partial charge in [-0.25, -0.2) is 9.36 Å². The number of nitrogens with zero attached hydrogens (tertiary/aromatic N) is 3. The summed E-state index contributed by atoms with van der Waals surface area (Å²) in [6, 6.07) is 17.2. The maximum absolute atomic E-state index is 13.9. The molecule has 1 aliphatic rings. The molecule has 34 heavy (non-hydrogen) atoms. The van der Waals surface area contributed by atoms with Gasteiger partial charge in [-0.1, -0.05) is 66.9 Å². The molecule has 170 valence electrons. The molecule has 2 aromatic carbocycles. The molecule has 0 saturated heterocycles. The van der Waals surface area contributed by atoms with Gasteiger partial charge in [0.15, 0.2) is 0 Å². The third-order valence-corrected chi connectivity index (χ3v) is 8.24. The second kappa shape index (κ2) is 8.53. The van der Waals surface area contributed by atoms with Crippen LogP contribution in [0.25, 0.3) is 37.1 Å². The Morgan fingerprint density at radius 3 is 2.59 bits per heavy atom. The van der Waals surface area contributed by atoms with Gasteiger partial charge in [0.1, 0.15) is 4.70 Å². The van der Waals surface area contributed by atoms with Crippen LogP contribution in [-0.2, 0) is 6.54 Å². The standard InChI is InChI=1S/C27H22ClN3O2S/c28-21-12-6-5-11-20(21)24-13-22-25(34-24)26(32)31(27(33)30(22)16-17-7-1-2-8-17)23-15-29-14-18-9-3-4-10-19(18)23/h3-6,9-15,17H,1-2,7-8,16H2. The minimum absolute atomic E-state index is 0.314. The third kappa shape index (κ3) is 3.49. The Kier molecular flexibility index (Phi) is 5.35. The highest BCUT2D eigenvalue weighted by Crippen LogP contribution is 2.36. The minimum Gasteiger partial charge on any atom is -0.292 e. The lowest BCUT2D eigenvalue weighted by atomic mass is 10.1. The zero-order chi connectivity index (χ0) is 23.2. The highest BCUT2D eigenvalue weighted by molar-refractivity contribution is 7.22. The average molecular weight is 488 g/mol. The van der Waals surface area contributed by atoms with Gasteiger partial charge in [-0.15, -0.1) is 11.3 Å². The molecule has 1 fully saturated rings. The monoisotopic (exact) mass is 487 g/mol. The number of hydrogen-bond acceptors (Lipinski definition) is 4. The molecule has 7 heteroatoms. The number of benzene rings is 2. The summed E-state index contributed by atoms with van der Waals surface area (Å²) in [6.07, 6.45) is 7.93. The summed E-state index contributed by atoms with van der Waals surface area (Å²) in [5, 5.41) is 2.33. The Balaban J connectivity index is 1.66. The summed E-state index contributed by atoms with van der Waals surface area (Å²) in [6.45, 7) is 0.604. The van der Waals surface area contributed by atoms with Gasteiger partial charge < -0.3 is 0 Å². The van der Waals surface area contributed by atoms with Crippen LogP contribution in [0.2, 0.25) is 5.02 Å². The number of pyridine rings is 1. The molecule has 0 radical (unpaired) electrons. The van der Waals surface area contributed by atoms with E-state index in [-0.39, 0.29) is 11.2 Å². The van der Waals surface area contributed by atoms with E-state index in [0.29, 0.717) is 33.4 Å². The quantitative estimate of drug-likeness (QED) is 0.300. The van der Waals surface area contributed by atoms with Gasteiger partial charge in [-0.05, 0) is 30.9 Å². The molecule has 3 heterocycles. The maximum atomic E-state index is 13.9. The Morgan fingerprint density at radius 1 is 1.00 bits per heavy atom. The summed E-state index contributed by atoms with van der Waals surface area (Å²) in [5.74, 6) is 0.432. The van der Waals surface area contributed by atoms with Gasteiger partial charge in [0, 0.05) is 39.0 Å². The lowest BCUT2D eigenvalue weighted by Crippen LogP contribution is -2.39. The zero-order valence-corrected chi connectivity index (χ0v) is 20.0. The summed E-state index contributed by atoms with van der Waals surface area (Å²) < 4.78 is 3.66. The molecular formula is C27H22ClN3O2S. The van der Waals surface area contributed by atoms with Crippen molar-refractivity contribution in [3.8, 4) is 16.1 Å². The molecule has 5 aromatic rings. The Bertz CT molecular complexity index is 1660. The van der Waals surface area contributed by atoms with Crippen molar-refractivity contribution in [1.82, 2.24) is 14.1 Å². The lowest BCUT2D eigenvalue weighted by Gasteiger charge is -2.16. The molecule has 0 N–H and O–H groups in total. The van der Waals surface area contributed by atoms with Crippen molar-refractivity contribution in [2.45, 2.75) is 32.2 Å². The minimum atomic E-state index is -0.316. The van der Waals surface area contributed by atoms with Crippen LogP contribution in [0, 0.1) is 5.92 Å². The zero-order valence-electron chi connectivity index (χ0n) is 18.4. The second-order valence-corrected chi connectivity index (χ2v) is 10.3. The van der Waals surface area contributed by atoms with E-state index in [1.54, 1.807) is 17.0 Å². The van der Waals surface area contributed by atoms with Crippen molar-refractivity contribution in [2.75, 3.05) is 0 Å². The Hall–Kier alpha value is -3.22. The highest BCUT2D eigenvalue weighted by atomic mass is 35.5. The summed E-state index contributed by atoms with van der Waals surface area (Å²) in [5.41, 5.74) is 1.44. The second-order valence-electron chi connectivity index (χ2n) is 8.87. The molecule has 0 amide bonds. The fraction of sp³-hybridized carbons (Fsp3) is 0.222. The van der Waals surface area contributed by atoms with E-state index in [4.69, 9.17) is 11.6 Å². The maximum Gasteiger partial charge on any atom is 0.336 e. The molecule has 0 atom stereocenters. The summed E-state index contributed by atoms with van der Waals surface area (Å²) in [7, 11) is 0. The van der Waals surface area contributed by atoms with Gasteiger partial charge in [0.05, 0.1) is 17.4 Å². The number of halogens is 1. The van der Waals surface area contributed by atoms with E-state index in [0.717, 1.165) is 34.1 Å². The van der Waals surface area contributed by atoms with Crippen LogP contribution < -0.4 is 11.2 Å². The predicted octanol–water partition coefficient (Wildman–Crippen LogP) is 6.27. The van der Waals surface area contributed by atoms with Crippen molar-refractivity contribution < 1.29 is 0 Å². The van der Waals surface area contributed by atoms with Gasteiger partial charge in [-0.3, -0.25) is 14.3 Å². The highest BCUT2D eigenvalue weighted by Gasteiger charge is 2.23. The van der Waals surface area contributed by atoms with Crippen molar-refractivity contribution in [3.63, 3.8) is 0 Å². The molecule has 1 saturated carbocycles. The smallest absolute Gasteiger partial charge is 0.292 e. The van der Waals surface area contributed by atoms with Crippen LogP contribution >= 0.6 is 22.9 Å². The summed E-state index contributed by atoms with van der Waals surface area (Å²) >= 11 is 7.86. The largest absolute Gasteiger partial charge is 0.336 e. The van der Waals surface area contributed by atoms with E-state index in [1.807, 2.05) is 54.6 Å². The average Bonchev–Trinajstić information content (AvgIpc) is 3.53. The first-order chi connectivity index (χ1) is 16.6. The van der Waals surface area contributed by atoms with Crippen LogP contribution in [0.4, 0.5) is 0 Å². The predicted molar refractivity (Wildman–Crippen MR) is 139 cm³/mol. The third-order valence-electron chi connectivity index (χ3n) is 6.77. The molecule has 0 spiro atoms. The van der Waals surface area contributed by atoms with Crippen molar-refractivity contribution in [3.05, 3.63) is 92.9 Å². The topological polar surface area (TPSA) is 56.9 Å². The van der Waals surface area contributed by atoms with E-state index in [2.05, 4.69) is 4.98 Å². The van der Waals surface area contributed by atoms with E-state index in [9.17, 15) is 9.59 Å². The SMILES string of the molecule is O=c1c2sc(-c3ccccc3Cl)cc2n(CC2CCCC2)c(=O)n1-c1cncc2ccccc12. The first-order valence-corrected chi connectivity index (χ1v) is 12.7. The fourth-order valence-electron chi connectivity index (χ4n) is 5.06. The molecule has 1 aliphatic carbocycles. The number of hydrogen-bond donors (Lipinski definition) is 0. The first kappa shape index (κ1) is 21.3. The molecule has 0 unspecified atom stereocenters. The number of fused-ring (bicyclic) bond motifs is 2. The van der Waals surface area contributed by atoms with Gasteiger partial charge in [-0.2, -0.15) is 0 Å². The molecule has 6 rings (SSSR count). The van der Waals surface area contributed by atoms with Gasteiger partial charge in [0.25, 0.3) is 5.56 Å². The van der Waals surface area contributed by atoms with Crippen molar-refractivity contribution in [2.24, 2.45) is 5.92 Å². The lowest BCUT2D eigenvalue weighted by molar-refractivity contribution is 0.449. The molecule has 5 nitrogen and oxygen atoms in total. The van der Waals surface area contributed by atoms with Gasteiger partial charge in [0.2, 0.25) is 0 Å². The molecular weight excluding hydrogens is 466 g/mol.